The Morgan fingerprint density at radius 2 is 1.81 bits per heavy atom. The zero-order valence-electron chi connectivity index (χ0n) is 16.6. The van der Waals surface area contributed by atoms with Crippen LogP contribution < -0.4 is 15.4 Å². The molecule has 0 saturated carbocycles. The Morgan fingerprint density at radius 3 is 2.42 bits per heavy atom. The Morgan fingerprint density at radius 1 is 1.08 bits per heavy atom. The van der Waals surface area contributed by atoms with Gasteiger partial charge in [-0.3, -0.25) is 0 Å². The third-order valence-electron chi connectivity index (χ3n) is 3.45. The predicted molar refractivity (Wildman–Crippen MR) is 120 cm³/mol. The van der Waals surface area contributed by atoms with E-state index in [-0.39, 0.29) is 24.0 Å². The number of benzene rings is 1. The Balaban J connectivity index is 0.00000625. The molecule has 0 aliphatic rings. The molecule has 2 N–H and O–H groups in total. The Bertz CT molecular complexity index is 481. The lowest BCUT2D eigenvalue weighted by Gasteiger charge is -2.12. The van der Waals surface area contributed by atoms with Gasteiger partial charge in [0.1, 0.15) is 5.75 Å². The summed E-state index contributed by atoms with van der Waals surface area (Å²) in [6.45, 7) is 9.46. The van der Waals surface area contributed by atoms with Gasteiger partial charge in [-0.25, -0.2) is 4.99 Å². The first-order valence-corrected chi connectivity index (χ1v) is 9.12. The molecule has 0 spiro atoms. The second-order valence-corrected chi connectivity index (χ2v) is 5.97. The van der Waals surface area contributed by atoms with Gasteiger partial charge in [-0.05, 0) is 52.1 Å². The van der Waals surface area contributed by atoms with Gasteiger partial charge in [0, 0.05) is 26.2 Å². The SMILES string of the molecule is CCNC(=NCc1ccc(OCCCN(C)C)cc1)NCCOCC.I. The minimum absolute atomic E-state index is 0. The van der Waals surface area contributed by atoms with Gasteiger partial charge in [-0.2, -0.15) is 0 Å². The van der Waals surface area contributed by atoms with Crippen LogP contribution in [0.3, 0.4) is 0 Å². The van der Waals surface area contributed by atoms with Crippen LogP contribution in [0.1, 0.15) is 25.8 Å². The molecule has 0 atom stereocenters. The molecule has 0 heterocycles. The lowest BCUT2D eigenvalue weighted by molar-refractivity contribution is 0.152. The van der Waals surface area contributed by atoms with E-state index in [2.05, 4.69) is 53.7 Å². The number of halogens is 1. The second kappa shape index (κ2) is 16.1. The highest BCUT2D eigenvalue weighted by atomic mass is 127. The van der Waals surface area contributed by atoms with Crippen LogP contribution in [0, 0.1) is 0 Å². The molecule has 6 nitrogen and oxygen atoms in total. The largest absolute Gasteiger partial charge is 0.494 e. The number of nitrogens with one attached hydrogen (secondary N) is 2. The highest BCUT2D eigenvalue weighted by Crippen LogP contribution is 2.13. The van der Waals surface area contributed by atoms with Crippen molar-refractivity contribution in [1.82, 2.24) is 15.5 Å². The van der Waals surface area contributed by atoms with Gasteiger partial charge in [0.25, 0.3) is 0 Å². The second-order valence-electron chi connectivity index (χ2n) is 5.97. The smallest absolute Gasteiger partial charge is 0.191 e. The van der Waals surface area contributed by atoms with E-state index in [4.69, 9.17) is 9.47 Å². The third kappa shape index (κ3) is 12.3. The predicted octanol–water partition coefficient (Wildman–Crippen LogP) is 2.73. The zero-order chi connectivity index (χ0) is 18.3. The van der Waals surface area contributed by atoms with E-state index < -0.39 is 0 Å². The minimum Gasteiger partial charge on any atom is -0.494 e. The molecule has 7 heteroatoms. The van der Waals surface area contributed by atoms with Gasteiger partial charge in [-0.15, -0.1) is 24.0 Å². The lowest BCUT2D eigenvalue weighted by Crippen LogP contribution is -2.39. The van der Waals surface area contributed by atoms with Crippen molar-refractivity contribution in [3.05, 3.63) is 29.8 Å². The summed E-state index contributed by atoms with van der Waals surface area (Å²) in [6, 6.07) is 8.15. The first kappa shape index (κ1) is 24.9. The summed E-state index contributed by atoms with van der Waals surface area (Å²) in [5.74, 6) is 1.72. The maximum absolute atomic E-state index is 5.75. The maximum atomic E-state index is 5.75. The lowest BCUT2D eigenvalue weighted by atomic mass is 10.2. The van der Waals surface area contributed by atoms with Crippen LogP contribution in [-0.2, 0) is 11.3 Å². The van der Waals surface area contributed by atoms with Gasteiger partial charge in [0.15, 0.2) is 5.96 Å². The molecule has 0 amide bonds. The molecule has 1 aromatic carbocycles. The van der Waals surface area contributed by atoms with Crippen molar-refractivity contribution in [1.29, 1.82) is 0 Å². The van der Waals surface area contributed by atoms with Crippen LogP contribution in [0.4, 0.5) is 0 Å². The number of rotatable bonds is 12. The molecule has 26 heavy (non-hydrogen) atoms. The molecular formula is C19H35IN4O2. The Labute approximate surface area is 175 Å². The summed E-state index contributed by atoms with van der Waals surface area (Å²) < 4.78 is 11.1. The first-order chi connectivity index (χ1) is 12.2. The van der Waals surface area contributed by atoms with E-state index in [1.807, 2.05) is 19.1 Å². The number of hydrogen-bond donors (Lipinski definition) is 2. The highest BCUT2D eigenvalue weighted by molar-refractivity contribution is 14.0. The fraction of sp³-hybridized carbons (Fsp3) is 0.632. The van der Waals surface area contributed by atoms with Crippen molar-refractivity contribution >= 4 is 29.9 Å². The van der Waals surface area contributed by atoms with Gasteiger partial charge < -0.3 is 25.0 Å². The summed E-state index contributed by atoms with van der Waals surface area (Å²) >= 11 is 0. The fourth-order valence-corrected chi connectivity index (χ4v) is 2.16. The van der Waals surface area contributed by atoms with Crippen molar-refractivity contribution in [3.63, 3.8) is 0 Å². The van der Waals surface area contributed by atoms with Gasteiger partial charge in [-0.1, -0.05) is 12.1 Å². The molecule has 1 aromatic rings. The average molecular weight is 478 g/mol. The van der Waals surface area contributed by atoms with Gasteiger partial charge in [0.2, 0.25) is 0 Å². The standard InChI is InChI=1S/C19H34N4O2.HI/c1-5-20-19(21-12-15-24-6-2)22-16-17-8-10-18(11-9-17)25-14-7-13-23(3)4;/h8-11H,5-7,12-16H2,1-4H3,(H2,20,21,22);1H. The first-order valence-electron chi connectivity index (χ1n) is 9.12. The number of hydrogen-bond acceptors (Lipinski definition) is 4. The molecular weight excluding hydrogens is 443 g/mol. The summed E-state index contributed by atoms with van der Waals surface area (Å²) in [5, 5.41) is 6.50. The number of ether oxygens (including phenoxy) is 2. The van der Waals surface area contributed by atoms with E-state index in [0.29, 0.717) is 13.2 Å². The minimum atomic E-state index is 0. The summed E-state index contributed by atoms with van der Waals surface area (Å²) in [4.78, 5) is 6.76. The Kier molecular flexibility index (Phi) is 15.5. The van der Waals surface area contributed by atoms with E-state index >= 15 is 0 Å². The van der Waals surface area contributed by atoms with Crippen LogP contribution in [0.2, 0.25) is 0 Å². The fourth-order valence-electron chi connectivity index (χ4n) is 2.16. The van der Waals surface area contributed by atoms with Crippen molar-refractivity contribution in [2.75, 3.05) is 53.6 Å². The molecule has 0 fully saturated rings. The summed E-state index contributed by atoms with van der Waals surface area (Å²) in [6.07, 6.45) is 1.03. The third-order valence-corrected chi connectivity index (χ3v) is 3.45. The normalized spacial score (nSPS) is 11.2. The highest BCUT2D eigenvalue weighted by Gasteiger charge is 1.99. The summed E-state index contributed by atoms with van der Waals surface area (Å²) in [7, 11) is 4.14. The number of nitrogens with zero attached hydrogens (tertiary/aromatic N) is 2. The average Bonchev–Trinajstić information content (AvgIpc) is 2.61. The van der Waals surface area contributed by atoms with Crippen molar-refractivity contribution in [2.24, 2.45) is 4.99 Å². The topological polar surface area (TPSA) is 58.1 Å². The molecule has 0 aliphatic heterocycles. The van der Waals surface area contributed by atoms with Gasteiger partial charge in [0.05, 0.1) is 19.8 Å². The van der Waals surface area contributed by atoms with Crippen molar-refractivity contribution in [2.45, 2.75) is 26.8 Å². The molecule has 0 unspecified atom stereocenters. The molecule has 0 aromatic heterocycles. The zero-order valence-corrected chi connectivity index (χ0v) is 18.9. The monoisotopic (exact) mass is 478 g/mol. The van der Waals surface area contributed by atoms with E-state index in [9.17, 15) is 0 Å². The number of aliphatic imine (C=N–C) groups is 1. The quantitative estimate of drug-likeness (QED) is 0.210. The molecule has 1 rings (SSSR count). The van der Waals surface area contributed by atoms with E-state index in [0.717, 1.165) is 56.5 Å². The van der Waals surface area contributed by atoms with E-state index in [1.165, 1.54) is 0 Å². The molecule has 0 bridgehead atoms. The molecule has 0 saturated heterocycles. The molecule has 0 aliphatic carbocycles. The van der Waals surface area contributed by atoms with E-state index in [1.54, 1.807) is 0 Å². The summed E-state index contributed by atoms with van der Waals surface area (Å²) in [5.41, 5.74) is 1.16. The maximum Gasteiger partial charge on any atom is 0.191 e. The van der Waals surface area contributed by atoms with Crippen LogP contribution in [0.5, 0.6) is 5.75 Å². The van der Waals surface area contributed by atoms with Gasteiger partial charge >= 0.3 is 0 Å². The van der Waals surface area contributed by atoms with Crippen molar-refractivity contribution < 1.29 is 9.47 Å². The molecule has 0 radical (unpaired) electrons. The van der Waals surface area contributed by atoms with Crippen LogP contribution >= 0.6 is 24.0 Å². The molecule has 150 valence electrons. The Hall–Kier alpha value is -1.06. The van der Waals surface area contributed by atoms with Crippen LogP contribution in [-0.4, -0.2) is 64.4 Å². The van der Waals surface area contributed by atoms with Crippen LogP contribution in [0.15, 0.2) is 29.3 Å². The van der Waals surface area contributed by atoms with Crippen LogP contribution in [0.25, 0.3) is 0 Å². The number of guanidine groups is 1. The van der Waals surface area contributed by atoms with Crippen molar-refractivity contribution in [3.8, 4) is 5.75 Å².